The minimum atomic E-state index is -0.221. The summed E-state index contributed by atoms with van der Waals surface area (Å²) in [5, 5.41) is 8.47. The van der Waals surface area contributed by atoms with Crippen LogP contribution in [-0.4, -0.2) is 50.0 Å². The van der Waals surface area contributed by atoms with E-state index < -0.39 is 0 Å². The van der Waals surface area contributed by atoms with Gasteiger partial charge in [0.05, 0.1) is 23.9 Å². The minimum Gasteiger partial charge on any atom is -0.488 e. The fourth-order valence-corrected chi connectivity index (χ4v) is 6.19. The van der Waals surface area contributed by atoms with Crippen molar-refractivity contribution in [2.24, 2.45) is 17.3 Å². The Labute approximate surface area is 227 Å². The molecule has 37 heavy (non-hydrogen) atoms. The number of carbonyl (C=O) groups excluding carboxylic acids is 2. The number of benzene rings is 1. The van der Waals surface area contributed by atoms with Crippen LogP contribution in [-0.2, 0) is 16.1 Å². The molecule has 10 heteroatoms. The van der Waals surface area contributed by atoms with Crippen LogP contribution in [0.1, 0.15) is 44.7 Å². The number of hydrogen-bond donors (Lipinski definition) is 1. The molecule has 1 aliphatic carbocycles. The molecular weight excluding hydrogens is 513 g/mol. The van der Waals surface area contributed by atoms with Crippen molar-refractivity contribution in [1.29, 1.82) is 0 Å². The van der Waals surface area contributed by atoms with E-state index >= 15 is 0 Å². The second kappa shape index (κ2) is 9.26. The Morgan fingerprint density at radius 1 is 1.16 bits per heavy atom. The van der Waals surface area contributed by atoms with Gasteiger partial charge in [-0.25, -0.2) is 9.50 Å². The fourth-order valence-electron chi connectivity index (χ4n) is 5.92. The number of piperidine rings is 2. The predicted octanol–water partition coefficient (Wildman–Crippen LogP) is 4.44. The number of ether oxygens (including phenoxy) is 1. The van der Waals surface area contributed by atoms with Gasteiger partial charge in [0, 0.05) is 29.4 Å². The predicted molar refractivity (Wildman–Crippen MR) is 143 cm³/mol. The summed E-state index contributed by atoms with van der Waals surface area (Å²) in [5.41, 5.74) is 3.80. The normalized spacial score (nSPS) is 26.2. The average Bonchev–Trinajstić information content (AvgIpc) is 3.08. The Hall–Kier alpha value is -2.68. The summed E-state index contributed by atoms with van der Waals surface area (Å²) < 4.78 is 8.25. The molecule has 0 bridgehead atoms. The molecule has 6 rings (SSSR count). The topological polar surface area (TPSA) is 88.8 Å². The lowest BCUT2D eigenvalue weighted by Crippen LogP contribution is -2.42. The smallest absolute Gasteiger partial charge is 0.233 e. The maximum atomic E-state index is 12.8. The first-order chi connectivity index (χ1) is 17.1. The first-order valence-electron chi connectivity index (χ1n) is 12.5. The molecule has 2 aromatic heterocycles. The summed E-state index contributed by atoms with van der Waals surface area (Å²) >= 11 is 6.48. The van der Waals surface area contributed by atoms with Crippen LogP contribution in [0.4, 0.5) is 0 Å². The number of aromatic nitrogens is 3. The molecule has 8 nitrogen and oxygen atoms in total. The third-order valence-electron chi connectivity index (χ3n) is 8.09. The summed E-state index contributed by atoms with van der Waals surface area (Å²) in [6.45, 7) is 9.16. The van der Waals surface area contributed by atoms with Crippen molar-refractivity contribution in [3.05, 3.63) is 46.9 Å². The molecule has 4 heterocycles. The van der Waals surface area contributed by atoms with E-state index in [1.807, 2.05) is 45.2 Å². The van der Waals surface area contributed by atoms with Crippen molar-refractivity contribution in [2.45, 2.75) is 59.2 Å². The highest BCUT2D eigenvalue weighted by molar-refractivity contribution is 6.31. The van der Waals surface area contributed by atoms with Gasteiger partial charge < -0.3 is 10.1 Å². The number of aryl methyl sites for hydroxylation is 1. The van der Waals surface area contributed by atoms with Crippen molar-refractivity contribution in [2.75, 3.05) is 6.54 Å². The van der Waals surface area contributed by atoms with Crippen molar-refractivity contribution in [1.82, 2.24) is 24.8 Å². The van der Waals surface area contributed by atoms with Crippen LogP contribution in [0.3, 0.4) is 0 Å². The molecule has 1 aromatic carbocycles. The lowest BCUT2D eigenvalue weighted by Gasteiger charge is -2.29. The summed E-state index contributed by atoms with van der Waals surface area (Å²) in [6, 6.07) is 6.21. The van der Waals surface area contributed by atoms with Crippen molar-refractivity contribution in [3.63, 3.8) is 0 Å². The number of likely N-dealkylation sites (tertiary alicyclic amines) is 1. The van der Waals surface area contributed by atoms with Gasteiger partial charge in [0.25, 0.3) is 0 Å². The first kappa shape index (κ1) is 25.9. The molecular formula is C27H31Cl2N5O3. The number of carbonyl (C=O) groups is 2. The number of nitrogens with zero attached hydrogens (tertiary/aromatic N) is 4. The zero-order valence-corrected chi connectivity index (χ0v) is 22.9. The first-order valence-corrected chi connectivity index (χ1v) is 12.9. The van der Waals surface area contributed by atoms with E-state index in [4.69, 9.17) is 16.3 Å². The van der Waals surface area contributed by atoms with Crippen LogP contribution in [0.25, 0.3) is 16.8 Å². The number of hydrogen-bond acceptors (Lipinski definition) is 6. The third-order valence-corrected chi connectivity index (χ3v) is 8.31. The Kier molecular flexibility index (Phi) is 6.49. The van der Waals surface area contributed by atoms with Gasteiger partial charge in [-0.05, 0) is 61.4 Å². The van der Waals surface area contributed by atoms with Gasteiger partial charge in [-0.15, -0.1) is 12.4 Å². The minimum absolute atomic E-state index is 0. The zero-order valence-electron chi connectivity index (χ0n) is 21.3. The molecule has 1 saturated carbocycles. The van der Waals surface area contributed by atoms with E-state index in [0.29, 0.717) is 16.8 Å². The number of amides is 2. The van der Waals surface area contributed by atoms with E-state index in [-0.39, 0.29) is 54.1 Å². The molecule has 2 saturated heterocycles. The molecule has 0 spiro atoms. The molecule has 3 fully saturated rings. The average molecular weight is 544 g/mol. The second-order valence-electron chi connectivity index (χ2n) is 11.1. The highest BCUT2D eigenvalue weighted by Gasteiger charge is 2.72. The van der Waals surface area contributed by atoms with Crippen LogP contribution in [0.2, 0.25) is 5.02 Å². The Bertz CT molecular complexity index is 1370. The molecule has 4 atom stereocenters. The zero-order chi connectivity index (χ0) is 25.4. The van der Waals surface area contributed by atoms with Gasteiger partial charge in [-0.1, -0.05) is 25.4 Å². The lowest BCUT2D eigenvalue weighted by molar-refractivity contribution is -0.143. The van der Waals surface area contributed by atoms with E-state index in [0.717, 1.165) is 47.3 Å². The lowest BCUT2D eigenvalue weighted by atomic mass is 10.0. The van der Waals surface area contributed by atoms with Crippen LogP contribution in [0.5, 0.6) is 5.75 Å². The second-order valence-corrected chi connectivity index (χ2v) is 11.5. The largest absolute Gasteiger partial charge is 0.488 e. The van der Waals surface area contributed by atoms with Gasteiger partial charge in [0.1, 0.15) is 23.9 Å². The third kappa shape index (κ3) is 4.29. The number of rotatable bonds is 5. The molecule has 3 aromatic rings. The SMILES string of the molecule is Cc1cc(Cl)cc(-c2ncnn3cc(CN4C(=O)C5C(C4=O)C5(C)C)cc23)c1O[C@@H]1CC[C@@H](C)NC1.Cl. The van der Waals surface area contributed by atoms with Crippen molar-refractivity contribution >= 4 is 41.3 Å². The van der Waals surface area contributed by atoms with E-state index in [2.05, 4.69) is 22.3 Å². The van der Waals surface area contributed by atoms with Gasteiger partial charge >= 0.3 is 0 Å². The fraction of sp³-hybridized carbons (Fsp3) is 0.481. The molecule has 0 radical (unpaired) electrons. The standard InChI is InChI=1S/C27H30ClN5O3.ClH/c1-14-7-17(28)9-19(24(14)36-18-6-5-15(2)29-10-18)23-20-8-16(12-33(20)31-13-30-23)11-32-25(34)21-22(26(32)35)27(21,3)4;/h7-9,12-13,15,18,21-22,29H,5-6,10-11H2,1-4H3;1H/t15-,18-,21?,22?;/m1./s1. The Balaban J connectivity index is 0.00000280. The number of fused-ring (bicyclic) bond motifs is 2. The highest BCUT2D eigenvalue weighted by atomic mass is 35.5. The van der Waals surface area contributed by atoms with Crippen molar-refractivity contribution in [3.8, 4) is 17.0 Å². The van der Waals surface area contributed by atoms with Crippen LogP contribution in [0.15, 0.2) is 30.7 Å². The Morgan fingerprint density at radius 3 is 2.57 bits per heavy atom. The number of imide groups is 1. The molecule has 196 valence electrons. The maximum Gasteiger partial charge on any atom is 0.233 e. The van der Waals surface area contributed by atoms with Crippen molar-refractivity contribution < 1.29 is 14.3 Å². The van der Waals surface area contributed by atoms with E-state index in [1.165, 1.54) is 11.2 Å². The van der Waals surface area contributed by atoms with Crippen LogP contribution >= 0.6 is 24.0 Å². The summed E-state index contributed by atoms with van der Waals surface area (Å²) in [5.74, 6) is 0.227. The molecule has 3 aliphatic rings. The molecule has 2 unspecified atom stereocenters. The molecule has 1 N–H and O–H groups in total. The Morgan fingerprint density at radius 2 is 1.89 bits per heavy atom. The van der Waals surface area contributed by atoms with Crippen LogP contribution < -0.4 is 10.1 Å². The summed E-state index contributed by atoms with van der Waals surface area (Å²) in [4.78, 5) is 31.7. The summed E-state index contributed by atoms with van der Waals surface area (Å²) in [6.07, 6.45) is 5.43. The number of nitrogens with one attached hydrogen (secondary N) is 1. The molecule has 2 amide bonds. The van der Waals surface area contributed by atoms with Crippen LogP contribution in [0, 0.1) is 24.2 Å². The van der Waals surface area contributed by atoms with Gasteiger partial charge in [-0.3, -0.25) is 14.5 Å². The summed E-state index contributed by atoms with van der Waals surface area (Å²) in [7, 11) is 0. The molecule has 2 aliphatic heterocycles. The highest BCUT2D eigenvalue weighted by Crippen LogP contribution is 2.63. The van der Waals surface area contributed by atoms with Gasteiger partial charge in [0.15, 0.2) is 0 Å². The quantitative estimate of drug-likeness (QED) is 0.478. The number of halogens is 2. The van der Waals surface area contributed by atoms with E-state index in [1.54, 1.807) is 4.52 Å². The maximum absolute atomic E-state index is 12.8. The van der Waals surface area contributed by atoms with Gasteiger partial charge in [-0.2, -0.15) is 5.10 Å². The van der Waals surface area contributed by atoms with Gasteiger partial charge in [0.2, 0.25) is 11.8 Å². The van der Waals surface area contributed by atoms with E-state index in [9.17, 15) is 9.59 Å². The monoisotopic (exact) mass is 543 g/mol.